The number of para-hydroxylation sites is 1. The smallest absolute Gasteiger partial charge is 0.282 e. The third kappa shape index (κ3) is 4.90. The van der Waals surface area contributed by atoms with Crippen molar-refractivity contribution in [3.8, 4) is 22.9 Å². The summed E-state index contributed by atoms with van der Waals surface area (Å²) in [6.45, 7) is 6.19. The lowest BCUT2D eigenvalue weighted by Gasteiger charge is -2.17. The molecule has 0 atom stereocenters. The predicted molar refractivity (Wildman–Crippen MR) is 148 cm³/mol. The Hall–Kier alpha value is -2.97. The summed E-state index contributed by atoms with van der Waals surface area (Å²) in [7, 11) is 3.27. The van der Waals surface area contributed by atoms with Gasteiger partial charge in [0.15, 0.2) is 5.82 Å². The van der Waals surface area contributed by atoms with Crippen LogP contribution < -0.4 is 15.0 Å². The fourth-order valence-electron chi connectivity index (χ4n) is 3.95. The van der Waals surface area contributed by atoms with Gasteiger partial charge in [0.25, 0.3) is 5.56 Å². The third-order valence-corrected chi connectivity index (χ3v) is 6.92. The molecule has 6 nitrogen and oxygen atoms in total. The summed E-state index contributed by atoms with van der Waals surface area (Å²) in [6.07, 6.45) is 1.64. The van der Waals surface area contributed by atoms with Gasteiger partial charge >= 0.3 is 0 Å². The largest absolute Gasteiger partial charge is 0.496 e. The maximum atomic E-state index is 13.6. The number of hydrogen-bond donors (Lipinski definition) is 0. The maximum Gasteiger partial charge on any atom is 0.282 e. The molecule has 0 N–H and O–H groups in total. The van der Waals surface area contributed by atoms with E-state index < -0.39 is 0 Å². The zero-order chi connectivity index (χ0) is 25.3. The van der Waals surface area contributed by atoms with Gasteiger partial charge in [0.05, 0.1) is 40.3 Å². The number of methoxy groups -OCH3 is 2. The lowest BCUT2D eigenvalue weighted by molar-refractivity contribution is 0.407. The Balaban J connectivity index is 1.97. The first kappa shape index (κ1) is 25.1. The number of halogens is 2. The molecule has 1 aromatic heterocycles. The minimum Gasteiger partial charge on any atom is -0.496 e. The molecule has 35 heavy (non-hydrogen) atoms. The number of aromatic nitrogens is 2. The van der Waals surface area contributed by atoms with E-state index in [1.807, 2.05) is 49.4 Å². The van der Waals surface area contributed by atoms with E-state index in [9.17, 15) is 4.79 Å². The minimum atomic E-state index is -0.241. The standard InChI is InChI=1S/C27H25Br2N3O3/c1-15(2)19-13-20(16(3)10-24(19)34-4)26-31-23-9-7-6-8-18(23)27(33)32(26)30-14-17-11-21(28)25(35-5)22(29)12-17/h6-15H,1-5H3. The fourth-order valence-corrected chi connectivity index (χ4v) is 5.49. The first-order valence-corrected chi connectivity index (χ1v) is 12.6. The zero-order valence-corrected chi connectivity index (χ0v) is 23.3. The van der Waals surface area contributed by atoms with Crippen molar-refractivity contribution in [2.45, 2.75) is 26.7 Å². The van der Waals surface area contributed by atoms with Gasteiger partial charge in [-0.25, -0.2) is 4.98 Å². The Morgan fingerprint density at radius 3 is 2.34 bits per heavy atom. The molecule has 1 heterocycles. The van der Waals surface area contributed by atoms with E-state index in [4.69, 9.17) is 14.5 Å². The van der Waals surface area contributed by atoms with Crippen molar-refractivity contribution in [2.24, 2.45) is 5.10 Å². The van der Waals surface area contributed by atoms with Crippen molar-refractivity contribution in [3.63, 3.8) is 0 Å². The van der Waals surface area contributed by atoms with Crippen LogP contribution in [0.2, 0.25) is 0 Å². The van der Waals surface area contributed by atoms with E-state index >= 15 is 0 Å². The zero-order valence-electron chi connectivity index (χ0n) is 20.1. The molecule has 8 heteroatoms. The highest BCUT2D eigenvalue weighted by molar-refractivity contribution is 9.11. The number of benzene rings is 3. The Labute approximate surface area is 220 Å². The van der Waals surface area contributed by atoms with Crippen molar-refractivity contribution < 1.29 is 9.47 Å². The number of aryl methyl sites for hydroxylation is 1. The van der Waals surface area contributed by atoms with Gasteiger partial charge in [-0.15, -0.1) is 0 Å². The van der Waals surface area contributed by atoms with Crippen LogP contribution in [0.4, 0.5) is 0 Å². The summed E-state index contributed by atoms with van der Waals surface area (Å²) in [5, 5.41) is 5.10. The van der Waals surface area contributed by atoms with Crippen LogP contribution in [0.3, 0.4) is 0 Å². The van der Waals surface area contributed by atoms with Gasteiger partial charge in [-0.3, -0.25) is 4.79 Å². The second-order valence-corrected chi connectivity index (χ2v) is 10.1. The molecule has 0 fully saturated rings. The second-order valence-electron chi connectivity index (χ2n) is 8.40. The topological polar surface area (TPSA) is 65.7 Å². The van der Waals surface area contributed by atoms with Crippen LogP contribution in [-0.2, 0) is 0 Å². The van der Waals surface area contributed by atoms with Crippen LogP contribution in [0.1, 0.15) is 36.5 Å². The van der Waals surface area contributed by atoms with E-state index in [2.05, 4.69) is 50.8 Å². The van der Waals surface area contributed by atoms with E-state index in [-0.39, 0.29) is 11.5 Å². The Bertz CT molecular complexity index is 1490. The summed E-state index contributed by atoms with van der Waals surface area (Å²) in [5.41, 5.74) is 3.96. The average molecular weight is 599 g/mol. The van der Waals surface area contributed by atoms with Gasteiger partial charge in [-0.05, 0) is 97.8 Å². The molecule has 0 amide bonds. The van der Waals surface area contributed by atoms with Crippen LogP contribution >= 0.6 is 31.9 Å². The second kappa shape index (κ2) is 10.3. The van der Waals surface area contributed by atoms with Crippen molar-refractivity contribution >= 4 is 49.0 Å². The number of nitrogens with zero attached hydrogens (tertiary/aromatic N) is 3. The molecule has 0 unspecified atom stereocenters. The van der Waals surface area contributed by atoms with Crippen LogP contribution in [0.15, 0.2) is 67.4 Å². The Morgan fingerprint density at radius 2 is 1.71 bits per heavy atom. The molecule has 3 aromatic carbocycles. The third-order valence-electron chi connectivity index (χ3n) is 5.74. The summed E-state index contributed by atoms with van der Waals surface area (Å²) in [5.74, 6) is 2.19. The van der Waals surface area contributed by atoms with Gasteiger partial charge in [0, 0.05) is 5.56 Å². The molecular formula is C27H25Br2N3O3. The summed E-state index contributed by atoms with van der Waals surface area (Å²) >= 11 is 7.04. The molecule has 0 saturated heterocycles. The molecule has 180 valence electrons. The van der Waals surface area contributed by atoms with E-state index in [0.29, 0.717) is 22.5 Å². The molecule has 0 aliphatic carbocycles. The first-order chi connectivity index (χ1) is 16.7. The lowest BCUT2D eigenvalue weighted by atomic mass is 9.96. The van der Waals surface area contributed by atoms with Crippen LogP contribution in [0.25, 0.3) is 22.3 Å². The monoisotopic (exact) mass is 597 g/mol. The quantitative estimate of drug-likeness (QED) is 0.226. The van der Waals surface area contributed by atoms with Crippen molar-refractivity contribution in [3.05, 3.63) is 84.5 Å². The average Bonchev–Trinajstić information content (AvgIpc) is 2.83. The van der Waals surface area contributed by atoms with Gasteiger partial charge < -0.3 is 9.47 Å². The summed E-state index contributed by atoms with van der Waals surface area (Å²) in [6, 6.07) is 15.1. The molecule has 4 aromatic rings. The molecule has 0 radical (unpaired) electrons. The molecule has 0 spiro atoms. The SMILES string of the molecule is COc1cc(C)c(-c2nc3ccccc3c(=O)n2N=Cc2cc(Br)c(OC)c(Br)c2)cc1C(C)C. The van der Waals surface area contributed by atoms with Crippen LogP contribution in [0.5, 0.6) is 11.5 Å². The first-order valence-electron chi connectivity index (χ1n) is 11.0. The summed E-state index contributed by atoms with van der Waals surface area (Å²) < 4.78 is 13.9. The molecule has 4 rings (SSSR count). The van der Waals surface area contributed by atoms with Gasteiger partial charge in [-0.2, -0.15) is 9.78 Å². The Kier molecular flexibility index (Phi) is 7.42. The van der Waals surface area contributed by atoms with Gasteiger partial charge in [0.2, 0.25) is 0 Å². The lowest BCUT2D eigenvalue weighted by Crippen LogP contribution is -2.20. The normalized spacial score (nSPS) is 11.5. The van der Waals surface area contributed by atoms with Crippen molar-refractivity contribution in [2.75, 3.05) is 14.2 Å². The number of fused-ring (bicyclic) bond motifs is 1. The highest BCUT2D eigenvalue weighted by atomic mass is 79.9. The predicted octanol–water partition coefficient (Wildman–Crippen LogP) is 6.92. The highest BCUT2D eigenvalue weighted by Crippen LogP contribution is 2.35. The molecule has 0 saturated carbocycles. The van der Waals surface area contributed by atoms with E-state index in [1.165, 1.54) is 4.68 Å². The number of hydrogen-bond acceptors (Lipinski definition) is 5. The van der Waals surface area contributed by atoms with Crippen LogP contribution in [0, 0.1) is 6.92 Å². The maximum absolute atomic E-state index is 13.6. The molecule has 0 aliphatic heterocycles. The van der Waals surface area contributed by atoms with E-state index in [1.54, 1.807) is 26.5 Å². The van der Waals surface area contributed by atoms with Gasteiger partial charge in [0.1, 0.15) is 11.5 Å². The molecular weight excluding hydrogens is 574 g/mol. The number of rotatable bonds is 6. The minimum absolute atomic E-state index is 0.224. The molecule has 0 aliphatic rings. The van der Waals surface area contributed by atoms with E-state index in [0.717, 1.165) is 36.9 Å². The van der Waals surface area contributed by atoms with Crippen molar-refractivity contribution in [1.82, 2.24) is 9.66 Å². The van der Waals surface area contributed by atoms with Gasteiger partial charge in [-0.1, -0.05) is 26.0 Å². The highest BCUT2D eigenvalue weighted by Gasteiger charge is 2.18. The van der Waals surface area contributed by atoms with Crippen LogP contribution in [-0.4, -0.2) is 30.1 Å². The fraction of sp³-hybridized carbons (Fsp3) is 0.222. The number of ether oxygens (including phenoxy) is 2. The molecule has 0 bridgehead atoms. The van der Waals surface area contributed by atoms with Crippen molar-refractivity contribution in [1.29, 1.82) is 0 Å². The summed E-state index contributed by atoms with van der Waals surface area (Å²) in [4.78, 5) is 18.4. The Morgan fingerprint density at radius 1 is 1.03 bits per heavy atom.